The maximum Gasteiger partial charge on any atom is 0.296 e. The SMILES string of the molecule is COc1cc(OC)c(/C(O)=C2\C(=O)C(=O)N(Cc3ccccn3)C2c2c[nH]c3ccccc23)cc1Cl. The number of carbonyl (C=O) groups excluding carboxylic acids is 2. The van der Waals surface area contributed by atoms with Crippen molar-refractivity contribution in [1.82, 2.24) is 14.9 Å². The molecule has 0 bridgehead atoms. The monoisotopic (exact) mass is 503 g/mol. The number of Topliss-reactive ketones (excluding diaryl/α,β-unsaturated/α-hetero) is 1. The van der Waals surface area contributed by atoms with Crippen molar-refractivity contribution in [3.05, 3.63) is 94.4 Å². The minimum absolute atomic E-state index is 0.0692. The number of ketones is 1. The van der Waals surface area contributed by atoms with Crippen molar-refractivity contribution in [2.75, 3.05) is 14.2 Å². The van der Waals surface area contributed by atoms with Crippen LogP contribution in [0.3, 0.4) is 0 Å². The zero-order valence-corrected chi connectivity index (χ0v) is 20.2. The van der Waals surface area contributed by atoms with E-state index in [1.54, 1.807) is 24.5 Å². The van der Waals surface area contributed by atoms with Crippen molar-refractivity contribution in [3.63, 3.8) is 0 Å². The lowest BCUT2D eigenvalue weighted by Crippen LogP contribution is -2.29. The largest absolute Gasteiger partial charge is 0.507 e. The number of methoxy groups -OCH3 is 2. The van der Waals surface area contributed by atoms with Crippen molar-refractivity contribution < 1.29 is 24.2 Å². The first-order valence-electron chi connectivity index (χ1n) is 11.1. The van der Waals surface area contributed by atoms with Crippen molar-refractivity contribution in [2.24, 2.45) is 0 Å². The first-order valence-corrected chi connectivity index (χ1v) is 11.5. The minimum atomic E-state index is -0.881. The lowest BCUT2D eigenvalue weighted by Gasteiger charge is -2.24. The van der Waals surface area contributed by atoms with Crippen molar-refractivity contribution in [1.29, 1.82) is 0 Å². The van der Waals surface area contributed by atoms with Gasteiger partial charge in [-0.05, 0) is 24.3 Å². The second kappa shape index (κ2) is 9.39. The fourth-order valence-electron chi connectivity index (χ4n) is 4.54. The Morgan fingerprint density at radius 2 is 1.83 bits per heavy atom. The molecule has 1 unspecified atom stereocenters. The van der Waals surface area contributed by atoms with Gasteiger partial charge in [-0.15, -0.1) is 0 Å². The number of nitrogens with zero attached hydrogens (tertiary/aromatic N) is 2. The molecule has 5 rings (SSSR count). The van der Waals surface area contributed by atoms with Gasteiger partial charge in [0.15, 0.2) is 0 Å². The Morgan fingerprint density at radius 1 is 1.08 bits per heavy atom. The van der Waals surface area contributed by atoms with Crippen LogP contribution in [0.2, 0.25) is 5.02 Å². The molecular formula is C27H22ClN3O5. The highest BCUT2D eigenvalue weighted by Gasteiger charge is 2.47. The van der Waals surface area contributed by atoms with E-state index in [1.807, 2.05) is 30.3 Å². The summed E-state index contributed by atoms with van der Waals surface area (Å²) in [6, 6.07) is 15.0. The number of aromatic amines is 1. The van der Waals surface area contributed by atoms with Gasteiger partial charge in [0.25, 0.3) is 11.7 Å². The third-order valence-corrected chi connectivity index (χ3v) is 6.54. The molecule has 1 saturated heterocycles. The van der Waals surface area contributed by atoms with Crippen LogP contribution in [0.4, 0.5) is 0 Å². The normalized spacial score (nSPS) is 17.1. The Hall–Kier alpha value is -4.30. The van der Waals surface area contributed by atoms with E-state index in [0.717, 1.165) is 10.9 Å². The smallest absolute Gasteiger partial charge is 0.296 e. The maximum absolute atomic E-state index is 13.4. The van der Waals surface area contributed by atoms with E-state index in [2.05, 4.69) is 9.97 Å². The Balaban J connectivity index is 1.74. The molecule has 3 heterocycles. The summed E-state index contributed by atoms with van der Waals surface area (Å²) in [5, 5.41) is 12.5. The second-order valence-electron chi connectivity index (χ2n) is 8.22. The third-order valence-electron chi connectivity index (χ3n) is 6.24. The summed E-state index contributed by atoms with van der Waals surface area (Å²) in [4.78, 5) is 35.7. The summed E-state index contributed by atoms with van der Waals surface area (Å²) < 4.78 is 10.7. The molecule has 2 aromatic carbocycles. The van der Waals surface area contributed by atoms with Crippen LogP contribution >= 0.6 is 11.6 Å². The van der Waals surface area contributed by atoms with Gasteiger partial charge in [0.2, 0.25) is 0 Å². The Kier molecular flexibility index (Phi) is 6.12. The number of fused-ring (bicyclic) bond motifs is 1. The van der Waals surface area contributed by atoms with Crippen molar-refractivity contribution in [3.8, 4) is 11.5 Å². The highest BCUT2D eigenvalue weighted by atomic mass is 35.5. The van der Waals surface area contributed by atoms with E-state index in [1.165, 1.54) is 31.3 Å². The van der Waals surface area contributed by atoms with Gasteiger partial charge in [-0.3, -0.25) is 14.6 Å². The fourth-order valence-corrected chi connectivity index (χ4v) is 4.78. The number of benzene rings is 2. The summed E-state index contributed by atoms with van der Waals surface area (Å²) in [5.74, 6) is -1.37. The number of ether oxygens (including phenoxy) is 2. The number of aliphatic hydroxyl groups is 1. The quantitative estimate of drug-likeness (QED) is 0.221. The number of halogens is 1. The molecule has 0 spiro atoms. The molecule has 1 fully saturated rings. The number of aromatic nitrogens is 2. The van der Waals surface area contributed by atoms with Crippen LogP contribution in [0.25, 0.3) is 16.7 Å². The number of rotatable bonds is 6. The summed E-state index contributed by atoms with van der Waals surface area (Å²) in [6.45, 7) is 0.0763. The molecule has 2 N–H and O–H groups in total. The lowest BCUT2D eigenvalue weighted by molar-refractivity contribution is -0.140. The number of nitrogens with one attached hydrogen (secondary N) is 1. The highest BCUT2D eigenvalue weighted by molar-refractivity contribution is 6.46. The highest BCUT2D eigenvalue weighted by Crippen LogP contribution is 2.45. The van der Waals surface area contributed by atoms with Gasteiger partial charge in [-0.25, -0.2) is 0 Å². The number of hydrogen-bond acceptors (Lipinski definition) is 6. The first kappa shape index (κ1) is 23.4. The lowest BCUT2D eigenvalue weighted by atomic mass is 9.94. The van der Waals surface area contributed by atoms with Crippen LogP contribution in [-0.4, -0.2) is 45.9 Å². The van der Waals surface area contributed by atoms with Gasteiger partial charge >= 0.3 is 0 Å². The van der Waals surface area contributed by atoms with Gasteiger partial charge in [-0.1, -0.05) is 35.9 Å². The molecule has 2 aromatic heterocycles. The number of pyridine rings is 1. The summed E-state index contributed by atoms with van der Waals surface area (Å²) >= 11 is 6.33. The van der Waals surface area contributed by atoms with E-state index in [9.17, 15) is 14.7 Å². The van der Waals surface area contributed by atoms with Crippen molar-refractivity contribution >= 4 is 40.0 Å². The average Bonchev–Trinajstić information content (AvgIpc) is 3.43. The number of likely N-dealkylation sites (tertiary alicyclic amines) is 1. The molecule has 0 saturated carbocycles. The summed E-state index contributed by atoms with van der Waals surface area (Å²) in [6.07, 6.45) is 3.37. The standard InChI is InChI=1S/C27H22ClN3O5/c1-35-21-12-22(36-2)19(28)11-17(21)25(32)23-24(18-13-30-20-9-4-3-8-16(18)20)31(27(34)26(23)33)14-15-7-5-6-10-29-15/h3-13,24,30,32H,14H2,1-2H3/b25-23+. The number of amides is 1. The molecule has 1 aliphatic heterocycles. The van der Waals surface area contributed by atoms with Crippen LogP contribution in [0.15, 0.2) is 72.6 Å². The average molecular weight is 504 g/mol. The molecule has 36 heavy (non-hydrogen) atoms. The zero-order valence-electron chi connectivity index (χ0n) is 19.5. The van der Waals surface area contributed by atoms with Crippen molar-refractivity contribution in [2.45, 2.75) is 12.6 Å². The number of aliphatic hydroxyl groups excluding tert-OH is 1. The Labute approximate surface area is 211 Å². The molecule has 1 amide bonds. The van der Waals surface area contributed by atoms with Crippen LogP contribution in [-0.2, 0) is 16.1 Å². The summed E-state index contributed by atoms with van der Waals surface area (Å²) in [5.41, 5.74) is 2.21. The molecular weight excluding hydrogens is 482 g/mol. The molecule has 0 aliphatic carbocycles. The van der Waals surface area contributed by atoms with Crippen LogP contribution in [0.1, 0.15) is 22.9 Å². The van der Waals surface area contributed by atoms with Crippen LogP contribution < -0.4 is 9.47 Å². The Morgan fingerprint density at radius 3 is 2.56 bits per heavy atom. The molecule has 0 radical (unpaired) electrons. The third kappa shape index (κ3) is 3.85. The topological polar surface area (TPSA) is 105 Å². The predicted molar refractivity (Wildman–Crippen MR) is 135 cm³/mol. The second-order valence-corrected chi connectivity index (χ2v) is 8.63. The Bertz CT molecular complexity index is 1510. The van der Waals surface area contributed by atoms with Gasteiger partial charge < -0.3 is 24.5 Å². The van der Waals surface area contributed by atoms with Gasteiger partial charge in [0.05, 0.1) is 48.7 Å². The number of hydrogen-bond donors (Lipinski definition) is 2. The summed E-state index contributed by atoms with van der Waals surface area (Å²) in [7, 11) is 2.89. The van der Waals surface area contributed by atoms with E-state index >= 15 is 0 Å². The molecule has 8 nitrogen and oxygen atoms in total. The van der Waals surface area contributed by atoms with Crippen LogP contribution in [0.5, 0.6) is 11.5 Å². The molecule has 1 aliphatic rings. The first-order chi connectivity index (χ1) is 17.4. The van der Waals surface area contributed by atoms with E-state index < -0.39 is 23.5 Å². The predicted octanol–water partition coefficient (Wildman–Crippen LogP) is 4.86. The maximum atomic E-state index is 13.4. The molecule has 182 valence electrons. The van der Waals surface area contributed by atoms with E-state index in [0.29, 0.717) is 17.0 Å². The van der Waals surface area contributed by atoms with Gasteiger partial charge in [0, 0.05) is 34.9 Å². The van der Waals surface area contributed by atoms with Gasteiger partial charge in [-0.2, -0.15) is 0 Å². The molecule has 1 atom stereocenters. The van der Waals surface area contributed by atoms with E-state index in [-0.39, 0.29) is 28.5 Å². The molecule has 9 heteroatoms. The van der Waals surface area contributed by atoms with E-state index in [4.69, 9.17) is 21.1 Å². The van der Waals surface area contributed by atoms with Crippen LogP contribution in [0, 0.1) is 0 Å². The number of H-pyrrole nitrogens is 1. The zero-order chi connectivity index (χ0) is 25.4. The minimum Gasteiger partial charge on any atom is -0.507 e. The molecule has 4 aromatic rings. The number of para-hydroxylation sites is 1. The number of carbonyl (C=O) groups is 2. The van der Waals surface area contributed by atoms with Gasteiger partial charge in [0.1, 0.15) is 17.3 Å². The fraction of sp³-hybridized carbons (Fsp3) is 0.148.